The Morgan fingerprint density at radius 3 is 2.00 bits per heavy atom. The summed E-state index contributed by atoms with van der Waals surface area (Å²) in [6.45, 7) is 15.4. The first-order valence-electron chi connectivity index (χ1n) is 9.77. The molecule has 2 heteroatoms. The highest BCUT2D eigenvalue weighted by molar-refractivity contribution is 5.77. The van der Waals surface area contributed by atoms with Crippen LogP contribution >= 0.6 is 0 Å². The van der Waals surface area contributed by atoms with Crippen molar-refractivity contribution in [1.82, 2.24) is 0 Å². The van der Waals surface area contributed by atoms with E-state index in [1.54, 1.807) is 0 Å². The van der Waals surface area contributed by atoms with E-state index in [-0.39, 0.29) is 22.9 Å². The van der Waals surface area contributed by atoms with Gasteiger partial charge in [-0.05, 0) is 50.4 Å². The molecule has 2 nitrogen and oxygen atoms in total. The Labute approximate surface area is 144 Å². The molecule has 1 aliphatic rings. The average Bonchev–Trinajstić information content (AvgIpc) is 2.46. The van der Waals surface area contributed by atoms with Gasteiger partial charge in [0.1, 0.15) is 6.10 Å². The minimum absolute atomic E-state index is 0.0144. The lowest BCUT2D eigenvalue weighted by Crippen LogP contribution is -2.50. The Balaban J connectivity index is 3.02. The first-order valence-corrected chi connectivity index (χ1v) is 9.77. The summed E-state index contributed by atoms with van der Waals surface area (Å²) in [5.41, 5.74) is -0.477. The number of ether oxygens (including phenoxy) is 1. The second-order valence-corrected chi connectivity index (χ2v) is 9.23. The number of carbonyl (C=O) groups excluding carboxylic acids is 1. The highest BCUT2D eigenvalue weighted by Crippen LogP contribution is 2.54. The van der Waals surface area contributed by atoms with Gasteiger partial charge in [0.15, 0.2) is 0 Å². The standard InChI is InChI=1S/C21H40O2/c1-8-17-15-13-11-9-10-12-14-16-19(2,3)21(6,7)20(4,5)18(22)23-17/h17H,8-16H2,1-7H3. The van der Waals surface area contributed by atoms with E-state index in [9.17, 15) is 4.79 Å². The molecule has 136 valence electrons. The van der Waals surface area contributed by atoms with Crippen LogP contribution in [0.2, 0.25) is 0 Å². The quantitative estimate of drug-likeness (QED) is 0.513. The largest absolute Gasteiger partial charge is 0.462 e. The van der Waals surface area contributed by atoms with Crippen molar-refractivity contribution in [2.24, 2.45) is 16.2 Å². The van der Waals surface area contributed by atoms with E-state index in [4.69, 9.17) is 4.74 Å². The maximum atomic E-state index is 13.0. The molecule has 1 aliphatic heterocycles. The Kier molecular flexibility index (Phi) is 7.16. The van der Waals surface area contributed by atoms with Crippen LogP contribution in [-0.2, 0) is 9.53 Å². The summed E-state index contributed by atoms with van der Waals surface area (Å²) in [6.07, 6.45) is 10.9. The van der Waals surface area contributed by atoms with Gasteiger partial charge in [0.05, 0.1) is 5.41 Å². The highest BCUT2D eigenvalue weighted by Gasteiger charge is 2.52. The molecule has 0 radical (unpaired) electrons. The van der Waals surface area contributed by atoms with Gasteiger partial charge in [-0.25, -0.2) is 0 Å². The van der Waals surface area contributed by atoms with Crippen LogP contribution in [0.4, 0.5) is 0 Å². The first-order chi connectivity index (χ1) is 10.6. The van der Waals surface area contributed by atoms with Gasteiger partial charge in [-0.15, -0.1) is 0 Å². The van der Waals surface area contributed by atoms with E-state index in [0.29, 0.717) is 0 Å². The fraction of sp³-hybridized carbons (Fsp3) is 0.952. The molecular weight excluding hydrogens is 284 g/mol. The molecule has 0 N–H and O–H groups in total. The summed E-state index contributed by atoms with van der Waals surface area (Å²) in [7, 11) is 0. The average molecular weight is 325 g/mol. The van der Waals surface area contributed by atoms with Crippen LogP contribution in [0.1, 0.15) is 106 Å². The van der Waals surface area contributed by atoms with Crippen molar-refractivity contribution in [3.05, 3.63) is 0 Å². The number of esters is 1. The Bertz CT molecular complexity index is 379. The first kappa shape index (κ1) is 20.5. The van der Waals surface area contributed by atoms with Crippen LogP contribution in [-0.4, -0.2) is 12.1 Å². The van der Waals surface area contributed by atoms with Gasteiger partial charge in [0, 0.05) is 0 Å². The lowest BCUT2D eigenvalue weighted by molar-refractivity contribution is -0.174. The van der Waals surface area contributed by atoms with Gasteiger partial charge in [-0.3, -0.25) is 4.79 Å². The maximum absolute atomic E-state index is 13.0. The summed E-state index contributed by atoms with van der Waals surface area (Å²) >= 11 is 0. The molecule has 1 fully saturated rings. The summed E-state index contributed by atoms with van der Waals surface area (Å²) in [6, 6.07) is 0. The minimum Gasteiger partial charge on any atom is -0.462 e. The van der Waals surface area contributed by atoms with Crippen molar-refractivity contribution < 1.29 is 9.53 Å². The summed E-state index contributed by atoms with van der Waals surface area (Å²) in [4.78, 5) is 13.0. The number of hydrogen-bond acceptors (Lipinski definition) is 2. The fourth-order valence-electron chi connectivity index (χ4n) is 3.70. The molecule has 0 aromatic carbocycles. The second kappa shape index (κ2) is 8.03. The zero-order chi connectivity index (χ0) is 17.7. The third-order valence-electron chi connectivity index (χ3n) is 7.07. The SMILES string of the molecule is CCC1CCCCCCCCC(C)(C)C(C)(C)C(C)(C)C(=O)O1. The van der Waals surface area contributed by atoms with Crippen LogP contribution in [0.25, 0.3) is 0 Å². The number of cyclic esters (lactones) is 1. The summed E-state index contributed by atoms with van der Waals surface area (Å²) in [5, 5.41) is 0. The molecule has 0 aliphatic carbocycles. The topological polar surface area (TPSA) is 26.3 Å². The van der Waals surface area contributed by atoms with Crippen LogP contribution in [0.15, 0.2) is 0 Å². The van der Waals surface area contributed by atoms with Gasteiger partial charge in [-0.2, -0.15) is 0 Å². The Morgan fingerprint density at radius 2 is 1.43 bits per heavy atom. The van der Waals surface area contributed by atoms with E-state index < -0.39 is 5.41 Å². The molecular formula is C21H40O2. The minimum atomic E-state index is -0.478. The van der Waals surface area contributed by atoms with Gasteiger partial charge < -0.3 is 4.74 Å². The van der Waals surface area contributed by atoms with E-state index in [1.807, 2.05) is 0 Å². The van der Waals surface area contributed by atoms with Crippen molar-refractivity contribution in [1.29, 1.82) is 0 Å². The van der Waals surface area contributed by atoms with Crippen molar-refractivity contribution in [3.63, 3.8) is 0 Å². The Morgan fingerprint density at radius 1 is 0.913 bits per heavy atom. The van der Waals surface area contributed by atoms with Crippen molar-refractivity contribution in [3.8, 4) is 0 Å². The number of rotatable bonds is 1. The third-order valence-corrected chi connectivity index (χ3v) is 7.07. The molecule has 0 bridgehead atoms. The van der Waals surface area contributed by atoms with Crippen LogP contribution in [0, 0.1) is 16.2 Å². The molecule has 1 rings (SSSR count). The summed E-state index contributed by atoms with van der Waals surface area (Å²) < 4.78 is 5.95. The molecule has 1 heterocycles. The maximum Gasteiger partial charge on any atom is 0.312 e. The van der Waals surface area contributed by atoms with E-state index in [1.165, 1.54) is 44.9 Å². The lowest BCUT2D eigenvalue weighted by Gasteiger charge is -2.51. The molecule has 0 amide bonds. The van der Waals surface area contributed by atoms with E-state index >= 15 is 0 Å². The molecule has 0 saturated carbocycles. The summed E-state index contributed by atoms with van der Waals surface area (Å²) in [5.74, 6) is -0.0144. The zero-order valence-electron chi connectivity index (χ0n) is 16.8. The van der Waals surface area contributed by atoms with Gasteiger partial charge in [0.2, 0.25) is 0 Å². The zero-order valence-corrected chi connectivity index (χ0v) is 16.8. The van der Waals surface area contributed by atoms with Crippen LogP contribution in [0.3, 0.4) is 0 Å². The molecule has 0 aromatic heterocycles. The second-order valence-electron chi connectivity index (χ2n) is 9.23. The van der Waals surface area contributed by atoms with Gasteiger partial charge in [0.25, 0.3) is 0 Å². The van der Waals surface area contributed by atoms with Gasteiger partial charge in [-0.1, -0.05) is 66.7 Å². The van der Waals surface area contributed by atoms with Crippen molar-refractivity contribution in [2.45, 2.75) is 112 Å². The third kappa shape index (κ3) is 4.73. The normalized spacial score (nSPS) is 29.3. The Hall–Kier alpha value is -0.530. The monoisotopic (exact) mass is 324 g/mol. The number of carbonyl (C=O) groups is 1. The van der Waals surface area contributed by atoms with Crippen LogP contribution < -0.4 is 0 Å². The molecule has 1 saturated heterocycles. The highest BCUT2D eigenvalue weighted by atomic mass is 16.5. The van der Waals surface area contributed by atoms with E-state index in [0.717, 1.165) is 12.8 Å². The van der Waals surface area contributed by atoms with Crippen molar-refractivity contribution in [2.75, 3.05) is 0 Å². The predicted molar refractivity (Wildman–Crippen MR) is 98.5 cm³/mol. The molecule has 0 aromatic rings. The molecule has 23 heavy (non-hydrogen) atoms. The van der Waals surface area contributed by atoms with Crippen molar-refractivity contribution >= 4 is 5.97 Å². The van der Waals surface area contributed by atoms with Crippen LogP contribution in [0.5, 0.6) is 0 Å². The molecule has 1 atom stereocenters. The smallest absolute Gasteiger partial charge is 0.312 e. The molecule has 0 spiro atoms. The van der Waals surface area contributed by atoms with Gasteiger partial charge >= 0.3 is 5.97 Å². The molecule has 1 unspecified atom stereocenters. The fourth-order valence-corrected chi connectivity index (χ4v) is 3.70. The predicted octanol–water partition coefficient (Wildman–Crippen LogP) is 6.52. The lowest BCUT2D eigenvalue weighted by atomic mass is 9.53. The number of hydrogen-bond donors (Lipinski definition) is 0. The van der Waals surface area contributed by atoms with E-state index in [2.05, 4.69) is 48.5 Å².